The first-order valence-corrected chi connectivity index (χ1v) is 7.03. The lowest BCUT2D eigenvalue weighted by atomic mass is 10.1. The Morgan fingerprint density at radius 1 is 1.47 bits per heavy atom. The second kappa shape index (κ2) is 9.04. The van der Waals surface area contributed by atoms with Gasteiger partial charge < -0.3 is 11.1 Å². The monoisotopic (exact) mass is 232 g/mol. The van der Waals surface area contributed by atoms with Gasteiger partial charge in [0, 0.05) is 18.5 Å². The third kappa shape index (κ3) is 8.75. The minimum absolute atomic E-state index is 0.0164. The molecule has 2 atom stereocenters. The average molecular weight is 232 g/mol. The number of thioether (sulfide) groups is 1. The van der Waals surface area contributed by atoms with Crippen LogP contribution in [0.3, 0.4) is 0 Å². The van der Waals surface area contributed by atoms with Crippen LogP contribution in [0.4, 0.5) is 0 Å². The zero-order valence-corrected chi connectivity index (χ0v) is 10.9. The van der Waals surface area contributed by atoms with Crippen molar-refractivity contribution in [3.05, 3.63) is 0 Å². The lowest BCUT2D eigenvalue weighted by molar-refractivity contribution is -0.122. The van der Waals surface area contributed by atoms with E-state index in [2.05, 4.69) is 18.5 Å². The molecule has 0 bridgehead atoms. The molecular weight excluding hydrogens is 208 g/mol. The third-order valence-corrected chi connectivity index (χ3v) is 2.91. The van der Waals surface area contributed by atoms with Gasteiger partial charge in [-0.25, -0.2) is 0 Å². The topological polar surface area (TPSA) is 55.1 Å². The van der Waals surface area contributed by atoms with Crippen molar-refractivity contribution in [2.24, 2.45) is 5.73 Å². The van der Waals surface area contributed by atoms with Crippen molar-refractivity contribution < 1.29 is 4.79 Å². The number of hydrogen-bond donors (Lipinski definition) is 2. The third-order valence-electron chi connectivity index (χ3n) is 2.27. The Hall–Kier alpha value is -0.220. The number of hydrogen-bond acceptors (Lipinski definition) is 3. The van der Waals surface area contributed by atoms with Gasteiger partial charge >= 0.3 is 0 Å². The SMILES string of the molecule is CCCC(N)CC(=O)NC(C)CCSC. The van der Waals surface area contributed by atoms with Crippen LogP contribution in [0.1, 0.15) is 39.5 Å². The highest BCUT2D eigenvalue weighted by atomic mass is 32.2. The molecule has 0 aromatic heterocycles. The predicted molar refractivity (Wildman–Crippen MR) is 68.1 cm³/mol. The van der Waals surface area contributed by atoms with Crippen LogP contribution in [0, 0.1) is 0 Å². The van der Waals surface area contributed by atoms with E-state index in [1.54, 1.807) is 11.8 Å². The fraction of sp³-hybridized carbons (Fsp3) is 0.909. The van der Waals surface area contributed by atoms with Crippen molar-refractivity contribution >= 4 is 17.7 Å². The summed E-state index contributed by atoms with van der Waals surface area (Å²) in [7, 11) is 0. The van der Waals surface area contributed by atoms with Crippen molar-refractivity contribution in [3.8, 4) is 0 Å². The molecule has 0 saturated heterocycles. The van der Waals surface area contributed by atoms with Crippen LogP contribution in [0.15, 0.2) is 0 Å². The number of nitrogens with two attached hydrogens (primary N) is 1. The molecule has 0 saturated carbocycles. The van der Waals surface area contributed by atoms with Crippen molar-refractivity contribution in [1.82, 2.24) is 5.32 Å². The van der Waals surface area contributed by atoms with Gasteiger partial charge in [-0.15, -0.1) is 0 Å². The van der Waals surface area contributed by atoms with Crippen molar-refractivity contribution in [2.75, 3.05) is 12.0 Å². The molecule has 0 aromatic rings. The van der Waals surface area contributed by atoms with E-state index in [9.17, 15) is 4.79 Å². The Bertz CT molecular complexity index is 176. The maximum absolute atomic E-state index is 11.5. The van der Waals surface area contributed by atoms with E-state index in [1.807, 2.05) is 6.92 Å². The molecule has 3 N–H and O–H groups in total. The summed E-state index contributed by atoms with van der Waals surface area (Å²) in [6, 6.07) is 0.279. The van der Waals surface area contributed by atoms with Crippen LogP contribution in [-0.2, 0) is 4.79 Å². The molecule has 15 heavy (non-hydrogen) atoms. The van der Waals surface area contributed by atoms with Crippen LogP contribution in [0.2, 0.25) is 0 Å². The number of rotatable bonds is 8. The molecule has 3 nitrogen and oxygen atoms in total. The molecule has 0 rings (SSSR count). The standard InChI is InChI=1S/C11H24N2OS/c1-4-5-10(12)8-11(14)13-9(2)6-7-15-3/h9-10H,4-8,12H2,1-3H3,(H,13,14). The molecule has 0 aromatic carbocycles. The Labute approximate surface area is 97.6 Å². The summed E-state index contributed by atoms with van der Waals surface area (Å²) in [6.07, 6.45) is 5.52. The van der Waals surface area contributed by atoms with Crippen LogP contribution >= 0.6 is 11.8 Å². The summed E-state index contributed by atoms with van der Waals surface area (Å²) in [5.41, 5.74) is 5.80. The quantitative estimate of drug-likeness (QED) is 0.670. The largest absolute Gasteiger partial charge is 0.354 e. The van der Waals surface area contributed by atoms with E-state index in [4.69, 9.17) is 5.73 Å². The van der Waals surface area contributed by atoms with E-state index in [0.717, 1.165) is 25.0 Å². The Balaban J connectivity index is 3.63. The minimum Gasteiger partial charge on any atom is -0.354 e. The van der Waals surface area contributed by atoms with Gasteiger partial charge in [0.05, 0.1) is 0 Å². The average Bonchev–Trinajstić information content (AvgIpc) is 2.14. The fourth-order valence-corrected chi connectivity index (χ4v) is 2.00. The van der Waals surface area contributed by atoms with E-state index >= 15 is 0 Å². The first-order chi connectivity index (χ1) is 7.10. The van der Waals surface area contributed by atoms with Crippen LogP contribution in [-0.4, -0.2) is 30.0 Å². The van der Waals surface area contributed by atoms with E-state index < -0.39 is 0 Å². The van der Waals surface area contributed by atoms with Crippen molar-refractivity contribution in [3.63, 3.8) is 0 Å². The number of carbonyl (C=O) groups is 1. The van der Waals surface area contributed by atoms with Crippen LogP contribution in [0.5, 0.6) is 0 Å². The summed E-state index contributed by atoms with van der Waals surface area (Å²) in [4.78, 5) is 11.5. The molecule has 2 unspecified atom stereocenters. The number of carbonyl (C=O) groups excluding carboxylic acids is 1. The molecule has 0 radical (unpaired) electrons. The molecule has 0 aliphatic heterocycles. The second-order valence-corrected chi connectivity index (χ2v) is 4.99. The lowest BCUT2D eigenvalue weighted by Gasteiger charge is -2.15. The highest BCUT2D eigenvalue weighted by Crippen LogP contribution is 2.02. The van der Waals surface area contributed by atoms with Crippen LogP contribution < -0.4 is 11.1 Å². The zero-order valence-electron chi connectivity index (χ0n) is 10.1. The predicted octanol–water partition coefficient (Wildman–Crippen LogP) is 1.76. The van der Waals surface area contributed by atoms with Gasteiger partial charge in [0.2, 0.25) is 5.91 Å². The van der Waals surface area contributed by atoms with E-state index in [0.29, 0.717) is 6.42 Å². The molecule has 0 spiro atoms. The number of amides is 1. The fourth-order valence-electron chi connectivity index (χ4n) is 1.41. The summed E-state index contributed by atoms with van der Waals surface area (Å²) in [5, 5.41) is 2.97. The Kier molecular flexibility index (Phi) is 8.91. The molecule has 90 valence electrons. The van der Waals surface area contributed by atoms with Gasteiger partial charge in [-0.3, -0.25) is 4.79 Å². The Morgan fingerprint density at radius 2 is 2.13 bits per heavy atom. The molecular formula is C11H24N2OS. The lowest BCUT2D eigenvalue weighted by Crippen LogP contribution is -2.37. The first-order valence-electron chi connectivity index (χ1n) is 5.64. The summed E-state index contributed by atoms with van der Waals surface area (Å²) >= 11 is 1.80. The van der Waals surface area contributed by atoms with Gasteiger partial charge in [-0.1, -0.05) is 13.3 Å². The molecule has 0 heterocycles. The molecule has 4 heteroatoms. The van der Waals surface area contributed by atoms with Crippen molar-refractivity contribution in [2.45, 2.75) is 51.6 Å². The van der Waals surface area contributed by atoms with Crippen LogP contribution in [0.25, 0.3) is 0 Å². The zero-order chi connectivity index (χ0) is 11.7. The summed E-state index contributed by atoms with van der Waals surface area (Å²) < 4.78 is 0. The number of nitrogens with one attached hydrogen (secondary N) is 1. The summed E-state index contributed by atoms with van der Waals surface area (Å²) in [5.74, 6) is 1.17. The first kappa shape index (κ1) is 14.8. The minimum atomic E-state index is 0.0164. The van der Waals surface area contributed by atoms with Gasteiger partial charge in [0.1, 0.15) is 0 Å². The highest BCUT2D eigenvalue weighted by molar-refractivity contribution is 7.98. The molecule has 0 aliphatic rings. The normalized spacial score (nSPS) is 14.7. The van der Waals surface area contributed by atoms with Gasteiger partial charge in [-0.2, -0.15) is 11.8 Å². The maximum Gasteiger partial charge on any atom is 0.221 e. The second-order valence-electron chi connectivity index (χ2n) is 4.00. The molecule has 0 fully saturated rings. The smallest absolute Gasteiger partial charge is 0.221 e. The Morgan fingerprint density at radius 3 is 2.67 bits per heavy atom. The van der Waals surface area contributed by atoms with Gasteiger partial charge in [0.25, 0.3) is 0 Å². The highest BCUT2D eigenvalue weighted by Gasteiger charge is 2.10. The van der Waals surface area contributed by atoms with Gasteiger partial charge in [0.15, 0.2) is 0 Å². The van der Waals surface area contributed by atoms with Gasteiger partial charge in [-0.05, 0) is 31.8 Å². The van der Waals surface area contributed by atoms with Crippen molar-refractivity contribution in [1.29, 1.82) is 0 Å². The van der Waals surface area contributed by atoms with E-state index in [-0.39, 0.29) is 18.0 Å². The summed E-state index contributed by atoms with van der Waals surface area (Å²) in [6.45, 7) is 4.12. The van der Waals surface area contributed by atoms with E-state index in [1.165, 1.54) is 0 Å². The maximum atomic E-state index is 11.5. The molecule has 1 amide bonds. The molecule has 0 aliphatic carbocycles.